The molecule has 1 atom stereocenters. The molecule has 0 spiro atoms. The minimum absolute atomic E-state index is 0.126. The molecule has 1 aromatic carbocycles. The van der Waals surface area contributed by atoms with Gasteiger partial charge >= 0.3 is 12.0 Å². The third kappa shape index (κ3) is 5.81. The fourth-order valence-electron chi connectivity index (χ4n) is 2.20. The maximum Gasteiger partial charge on any atom is 0.318 e. The second-order valence-electron chi connectivity index (χ2n) is 5.86. The van der Waals surface area contributed by atoms with Gasteiger partial charge in [-0.05, 0) is 24.1 Å². The SMILES string of the molecule is CC(C)[C@@H](OC(=O)CSc1nccn1-c1cccc(F)c1)C(=O)NC(N)=O. The maximum atomic E-state index is 13.4. The Balaban J connectivity index is 2.00. The Kier molecular flexibility index (Phi) is 6.94. The number of rotatable bonds is 7. The molecule has 0 unspecified atom stereocenters. The molecule has 0 bridgehead atoms. The summed E-state index contributed by atoms with van der Waals surface area (Å²) in [5.74, 6) is -2.31. The van der Waals surface area contributed by atoms with Crippen LogP contribution < -0.4 is 11.1 Å². The lowest BCUT2D eigenvalue weighted by atomic mass is 10.1. The van der Waals surface area contributed by atoms with E-state index in [1.54, 1.807) is 36.7 Å². The van der Waals surface area contributed by atoms with Gasteiger partial charge in [-0.1, -0.05) is 31.7 Å². The van der Waals surface area contributed by atoms with E-state index in [2.05, 4.69) is 4.98 Å². The van der Waals surface area contributed by atoms with Crippen LogP contribution in [-0.4, -0.2) is 39.3 Å². The smallest absolute Gasteiger partial charge is 0.318 e. The van der Waals surface area contributed by atoms with Crippen molar-refractivity contribution in [2.24, 2.45) is 11.7 Å². The van der Waals surface area contributed by atoms with Gasteiger partial charge in [0.1, 0.15) is 5.82 Å². The number of thioether (sulfide) groups is 1. The van der Waals surface area contributed by atoms with Crippen LogP contribution in [0.2, 0.25) is 0 Å². The number of carbonyl (C=O) groups is 3. The van der Waals surface area contributed by atoms with E-state index in [4.69, 9.17) is 10.5 Å². The number of nitrogens with zero attached hydrogens (tertiary/aromatic N) is 2. The fraction of sp³-hybridized carbons (Fsp3) is 0.294. The molecule has 0 aliphatic heterocycles. The number of primary amides is 1. The first-order valence-corrected chi connectivity index (χ1v) is 8.98. The number of esters is 1. The molecule has 8 nitrogen and oxygen atoms in total. The summed E-state index contributed by atoms with van der Waals surface area (Å²) in [6.45, 7) is 3.34. The number of carbonyl (C=O) groups excluding carboxylic acids is 3. The highest BCUT2D eigenvalue weighted by Crippen LogP contribution is 2.21. The van der Waals surface area contributed by atoms with Gasteiger partial charge in [-0.25, -0.2) is 14.2 Å². The maximum absolute atomic E-state index is 13.4. The van der Waals surface area contributed by atoms with E-state index in [1.165, 1.54) is 18.3 Å². The van der Waals surface area contributed by atoms with Crippen LogP contribution in [0, 0.1) is 11.7 Å². The van der Waals surface area contributed by atoms with Crippen LogP contribution in [0.15, 0.2) is 41.8 Å². The largest absolute Gasteiger partial charge is 0.451 e. The van der Waals surface area contributed by atoms with E-state index >= 15 is 0 Å². The van der Waals surface area contributed by atoms with E-state index in [9.17, 15) is 18.8 Å². The van der Waals surface area contributed by atoms with Gasteiger partial charge in [0.25, 0.3) is 5.91 Å². The average molecular weight is 394 g/mol. The molecule has 2 rings (SSSR count). The van der Waals surface area contributed by atoms with Gasteiger partial charge in [0.2, 0.25) is 0 Å². The number of amides is 3. The van der Waals surface area contributed by atoms with Crippen molar-refractivity contribution in [2.45, 2.75) is 25.1 Å². The van der Waals surface area contributed by atoms with Gasteiger partial charge in [0, 0.05) is 12.4 Å². The second-order valence-corrected chi connectivity index (χ2v) is 6.80. The van der Waals surface area contributed by atoms with Gasteiger partial charge < -0.3 is 10.5 Å². The monoisotopic (exact) mass is 394 g/mol. The molecule has 3 amide bonds. The van der Waals surface area contributed by atoms with Crippen molar-refractivity contribution < 1.29 is 23.5 Å². The van der Waals surface area contributed by atoms with Gasteiger partial charge in [0.05, 0.1) is 11.4 Å². The summed E-state index contributed by atoms with van der Waals surface area (Å²) in [7, 11) is 0. The molecule has 3 N–H and O–H groups in total. The van der Waals surface area contributed by atoms with E-state index in [0.717, 1.165) is 11.8 Å². The summed E-state index contributed by atoms with van der Waals surface area (Å²) in [4.78, 5) is 38.9. The first-order chi connectivity index (χ1) is 12.8. The summed E-state index contributed by atoms with van der Waals surface area (Å²) < 4.78 is 20.2. The summed E-state index contributed by atoms with van der Waals surface area (Å²) >= 11 is 1.07. The first-order valence-electron chi connectivity index (χ1n) is 7.99. The first kappa shape index (κ1) is 20.4. The molecule has 2 aromatic rings. The highest BCUT2D eigenvalue weighted by molar-refractivity contribution is 7.99. The van der Waals surface area contributed by atoms with Crippen LogP contribution >= 0.6 is 11.8 Å². The standard InChI is InChI=1S/C17H19FN4O4S/c1-10(2)14(15(24)21-16(19)25)26-13(23)9-27-17-20-6-7-22(17)12-5-3-4-11(18)8-12/h3-8,10,14H,9H2,1-2H3,(H3,19,21,24,25)/t14-/m1/s1. The highest BCUT2D eigenvalue weighted by Gasteiger charge is 2.27. The highest BCUT2D eigenvalue weighted by atomic mass is 32.2. The Bertz CT molecular complexity index is 840. The minimum atomic E-state index is -1.14. The minimum Gasteiger partial charge on any atom is -0.451 e. The molecule has 10 heteroatoms. The second kappa shape index (κ2) is 9.17. The number of aromatic nitrogens is 2. The molecular formula is C17H19FN4O4S. The third-order valence-corrected chi connectivity index (χ3v) is 4.32. The Labute approximate surface area is 159 Å². The number of hydrogen-bond donors (Lipinski definition) is 2. The third-order valence-electron chi connectivity index (χ3n) is 3.38. The van der Waals surface area contributed by atoms with Crippen molar-refractivity contribution in [1.82, 2.24) is 14.9 Å². The fourth-order valence-corrected chi connectivity index (χ4v) is 2.96. The Morgan fingerprint density at radius 1 is 1.37 bits per heavy atom. The Morgan fingerprint density at radius 2 is 2.11 bits per heavy atom. The zero-order valence-electron chi connectivity index (χ0n) is 14.7. The normalized spacial score (nSPS) is 11.9. The van der Waals surface area contributed by atoms with Crippen molar-refractivity contribution >= 4 is 29.7 Å². The number of halogens is 1. The van der Waals surface area contributed by atoms with Crippen LogP contribution in [0.4, 0.5) is 9.18 Å². The molecule has 0 saturated heterocycles. The van der Waals surface area contributed by atoms with E-state index in [1.807, 2.05) is 5.32 Å². The lowest BCUT2D eigenvalue weighted by Gasteiger charge is -2.19. The predicted octanol–water partition coefficient (Wildman–Crippen LogP) is 1.87. The number of benzene rings is 1. The molecule has 27 heavy (non-hydrogen) atoms. The number of urea groups is 1. The topological polar surface area (TPSA) is 116 Å². The van der Waals surface area contributed by atoms with Crippen molar-refractivity contribution in [2.75, 3.05) is 5.75 Å². The molecule has 1 heterocycles. The lowest BCUT2D eigenvalue weighted by molar-refractivity contribution is -0.155. The number of nitrogens with one attached hydrogen (secondary N) is 1. The van der Waals surface area contributed by atoms with Gasteiger partial charge in [-0.2, -0.15) is 0 Å². The molecule has 1 aromatic heterocycles. The number of imidazole rings is 1. The molecule has 0 aliphatic rings. The summed E-state index contributed by atoms with van der Waals surface area (Å²) in [5.41, 5.74) is 5.47. The van der Waals surface area contributed by atoms with E-state index < -0.39 is 29.8 Å². The average Bonchev–Trinajstić information content (AvgIpc) is 3.05. The van der Waals surface area contributed by atoms with Crippen LogP contribution in [0.1, 0.15) is 13.8 Å². The molecular weight excluding hydrogens is 375 g/mol. The van der Waals surface area contributed by atoms with Crippen molar-refractivity contribution in [3.63, 3.8) is 0 Å². The van der Waals surface area contributed by atoms with E-state index in [0.29, 0.717) is 10.8 Å². The lowest BCUT2D eigenvalue weighted by Crippen LogP contribution is -2.45. The number of hydrogen-bond acceptors (Lipinski definition) is 6. The van der Waals surface area contributed by atoms with Crippen molar-refractivity contribution in [1.29, 1.82) is 0 Å². The summed E-state index contributed by atoms with van der Waals surface area (Å²) in [6, 6.07) is 4.92. The zero-order valence-corrected chi connectivity index (χ0v) is 15.5. The quantitative estimate of drug-likeness (QED) is 0.547. The van der Waals surface area contributed by atoms with Crippen LogP contribution in [0.5, 0.6) is 0 Å². The van der Waals surface area contributed by atoms with Crippen LogP contribution in [0.25, 0.3) is 5.69 Å². The van der Waals surface area contributed by atoms with Crippen molar-refractivity contribution in [3.05, 3.63) is 42.5 Å². The molecule has 0 fully saturated rings. The van der Waals surface area contributed by atoms with E-state index in [-0.39, 0.29) is 11.7 Å². The molecule has 0 saturated carbocycles. The Morgan fingerprint density at radius 3 is 2.74 bits per heavy atom. The predicted molar refractivity (Wildman–Crippen MR) is 96.7 cm³/mol. The van der Waals surface area contributed by atoms with Gasteiger partial charge in [0.15, 0.2) is 11.3 Å². The molecule has 0 radical (unpaired) electrons. The van der Waals surface area contributed by atoms with Crippen LogP contribution in [-0.2, 0) is 14.3 Å². The number of imide groups is 1. The Hall–Kier alpha value is -2.88. The summed E-state index contributed by atoms with van der Waals surface area (Å²) in [6.07, 6.45) is 2.02. The van der Waals surface area contributed by atoms with Crippen molar-refractivity contribution in [3.8, 4) is 5.69 Å². The summed E-state index contributed by atoms with van der Waals surface area (Å²) in [5, 5.41) is 2.36. The molecule has 0 aliphatic carbocycles. The number of ether oxygens (including phenoxy) is 1. The number of nitrogens with two attached hydrogens (primary N) is 1. The van der Waals surface area contributed by atoms with Crippen LogP contribution in [0.3, 0.4) is 0 Å². The zero-order chi connectivity index (χ0) is 20.0. The van der Waals surface area contributed by atoms with Gasteiger partial charge in [-0.3, -0.25) is 19.5 Å². The van der Waals surface area contributed by atoms with Gasteiger partial charge in [-0.15, -0.1) is 0 Å². The molecule has 144 valence electrons.